The molecule has 0 fully saturated rings. The summed E-state index contributed by atoms with van der Waals surface area (Å²) >= 11 is 0. The van der Waals surface area contributed by atoms with Gasteiger partial charge in [0.25, 0.3) is 0 Å². The van der Waals surface area contributed by atoms with Gasteiger partial charge >= 0.3 is 0 Å². The molecule has 1 N–H and O–H groups in total. The van der Waals surface area contributed by atoms with E-state index in [4.69, 9.17) is 0 Å². The van der Waals surface area contributed by atoms with Crippen molar-refractivity contribution in [2.24, 2.45) is 4.99 Å². The molecule has 3 aromatic rings. The van der Waals surface area contributed by atoms with Crippen LogP contribution < -0.4 is 5.32 Å². The summed E-state index contributed by atoms with van der Waals surface area (Å²) in [5.74, 6) is 1.81. The molecule has 0 radical (unpaired) electrons. The molecule has 0 saturated heterocycles. The van der Waals surface area contributed by atoms with Gasteiger partial charge in [-0.3, -0.25) is 9.39 Å². The first kappa shape index (κ1) is 16.0. The first-order valence-corrected chi connectivity index (χ1v) is 8.02. The average molecular weight is 322 g/mol. The van der Waals surface area contributed by atoms with Crippen molar-refractivity contribution in [3.05, 3.63) is 66.1 Å². The van der Waals surface area contributed by atoms with Crippen LogP contribution >= 0.6 is 0 Å². The van der Waals surface area contributed by atoms with Crippen LogP contribution in [0.4, 0.5) is 0 Å². The molecule has 3 rings (SSSR count). The Morgan fingerprint density at radius 3 is 2.71 bits per heavy atom. The highest BCUT2D eigenvalue weighted by Crippen LogP contribution is 2.04. The van der Waals surface area contributed by atoms with Crippen molar-refractivity contribution in [1.82, 2.24) is 24.8 Å². The van der Waals surface area contributed by atoms with E-state index in [2.05, 4.69) is 49.7 Å². The molecule has 0 atom stereocenters. The van der Waals surface area contributed by atoms with Crippen molar-refractivity contribution in [2.75, 3.05) is 20.6 Å². The number of rotatable bonds is 5. The highest BCUT2D eigenvalue weighted by Gasteiger charge is 2.08. The third-order valence-corrected chi connectivity index (χ3v) is 3.85. The van der Waals surface area contributed by atoms with Crippen LogP contribution in [0, 0.1) is 0 Å². The van der Waals surface area contributed by atoms with E-state index < -0.39 is 0 Å². The van der Waals surface area contributed by atoms with Gasteiger partial charge in [0.05, 0.1) is 0 Å². The van der Waals surface area contributed by atoms with Gasteiger partial charge in [-0.15, -0.1) is 10.2 Å². The third-order valence-electron chi connectivity index (χ3n) is 3.85. The minimum absolute atomic E-state index is 0.751. The number of aromatic nitrogens is 3. The summed E-state index contributed by atoms with van der Waals surface area (Å²) < 4.78 is 2.01. The van der Waals surface area contributed by atoms with Crippen molar-refractivity contribution in [3.63, 3.8) is 0 Å². The van der Waals surface area contributed by atoms with Gasteiger partial charge in [-0.1, -0.05) is 36.4 Å². The monoisotopic (exact) mass is 322 g/mol. The van der Waals surface area contributed by atoms with E-state index in [9.17, 15) is 0 Å². The molecule has 0 amide bonds. The average Bonchev–Trinajstić information content (AvgIpc) is 3.03. The fourth-order valence-corrected chi connectivity index (χ4v) is 2.66. The largest absolute Gasteiger partial charge is 0.356 e. The number of pyridine rings is 1. The first-order chi connectivity index (χ1) is 11.8. The Balaban J connectivity index is 1.56. The molecule has 6 heteroatoms. The van der Waals surface area contributed by atoms with Crippen LogP contribution in [-0.4, -0.2) is 46.1 Å². The van der Waals surface area contributed by atoms with E-state index in [0.29, 0.717) is 0 Å². The second-order valence-corrected chi connectivity index (χ2v) is 5.61. The molecule has 0 bridgehead atoms. The molecule has 0 spiro atoms. The minimum Gasteiger partial charge on any atom is -0.356 e. The fourth-order valence-electron chi connectivity index (χ4n) is 2.66. The van der Waals surface area contributed by atoms with Crippen molar-refractivity contribution in [2.45, 2.75) is 13.0 Å². The van der Waals surface area contributed by atoms with Crippen LogP contribution in [0.3, 0.4) is 0 Å². The van der Waals surface area contributed by atoms with E-state index in [1.165, 1.54) is 5.56 Å². The molecule has 0 aliphatic heterocycles. The Hall–Kier alpha value is -2.89. The van der Waals surface area contributed by atoms with Crippen molar-refractivity contribution in [3.8, 4) is 0 Å². The maximum absolute atomic E-state index is 4.35. The van der Waals surface area contributed by atoms with Crippen LogP contribution in [0.5, 0.6) is 0 Å². The lowest BCUT2D eigenvalue weighted by Crippen LogP contribution is -2.39. The molecule has 0 unspecified atom stereocenters. The zero-order chi connectivity index (χ0) is 16.8. The SMILES string of the molecule is CN=C(NCCc1nnc2ccccn12)N(C)Cc1ccccc1. The summed E-state index contributed by atoms with van der Waals surface area (Å²) in [6.07, 6.45) is 2.77. The van der Waals surface area contributed by atoms with Crippen LogP contribution in [0.2, 0.25) is 0 Å². The molecule has 0 aliphatic carbocycles. The van der Waals surface area contributed by atoms with Crippen LogP contribution in [0.15, 0.2) is 59.7 Å². The smallest absolute Gasteiger partial charge is 0.193 e. The summed E-state index contributed by atoms with van der Waals surface area (Å²) in [5.41, 5.74) is 2.13. The third kappa shape index (κ3) is 3.71. The highest BCUT2D eigenvalue weighted by molar-refractivity contribution is 5.79. The maximum atomic E-state index is 4.35. The quantitative estimate of drug-likeness (QED) is 0.576. The Morgan fingerprint density at radius 2 is 1.92 bits per heavy atom. The van der Waals surface area contributed by atoms with Crippen molar-refractivity contribution >= 4 is 11.6 Å². The zero-order valence-electron chi connectivity index (χ0n) is 14.1. The van der Waals surface area contributed by atoms with E-state index in [1.54, 1.807) is 7.05 Å². The molecule has 0 saturated carbocycles. The number of fused-ring (bicyclic) bond motifs is 1. The van der Waals surface area contributed by atoms with E-state index in [-0.39, 0.29) is 0 Å². The van der Waals surface area contributed by atoms with Crippen molar-refractivity contribution in [1.29, 1.82) is 0 Å². The van der Waals surface area contributed by atoms with Gasteiger partial charge in [-0.2, -0.15) is 0 Å². The van der Waals surface area contributed by atoms with E-state index >= 15 is 0 Å². The number of guanidine groups is 1. The number of hydrogen-bond acceptors (Lipinski definition) is 3. The Morgan fingerprint density at radius 1 is 1.12 bits per heavy atom. The standard InChI is InChI=1S/C18H22N6/c1-19-18(23(2)14-15-8-4-3-5-9-15)20-12-11-17-22-21-16-10-6-7-13-24(16)17/h3-10,13H,11-12,14H2,1-2H3,(H,19,20). The molecule has 124 valence electrons. The lowest BCUT2D eigenvalue weighted by molar-refractivity contribution is 0.477. The van der Waals surface area contributed by atoms with Gasteiger partial charge in [0.2, 0.25) is 0 Å². The lowest BCUT2D eigenvalue weighted by Gasteiger charge is -2.22. The second-order valence-electron chi connectivity index (χ2n) is 5.61. The summed E-state index contributed by atoms with van der Waals surface area (Å²) in [6.45, 7) is 1.57. The van der Waals surface area contributed by atoms with E-state index in [1.807, 2.05) is 41.9 Å². The Bertz CT molecular complexity index is 809. The van der Waals surface area contributed by atoms with E-state index in [0.717, 1.165) is 36.9 Å². The molecule has 0 aliphatic rings. The molecule has 2 heterocycles. The number of nitrogens with one attached hydrogen (secondary N) is 1. The van der Waals surface area contributed by atoms with Crippen LogP contribution in [0.1, 0.15) is 11.4 Å². The fraction of sp³-hybridized carbons (Fsp3) is 0.278. The van der Waals surface area contributed by atoms with Gasteiger partial charge in [-0.25, -0.2) is 0 Å². The Labute approximate surface area is 141 Å². The number of aliphatic imine (C=N–C) groups is 1. The van der Waals surface area contributed by atoms with Gasteiger partial charge in [0.15, 0.2) is 11.6 Å². The van der Waals surface area contributed by atoms with Gasteiger partial charge in [-0.05, 0) is 17.7 Å². The number of hydrogen-bond donors (Lipinski definition) is 1. The summed E-state index contributed by atoms with van der Waals surface area (Å²) in [7, 11) is 3.84. The maximum Gasteiger partial charge on any atom is 0.193 e. The first-order valence-electron chi connectivity index (χ1n) is 8.02. The number of nitrogens with zero attached hydrogens (tertiary/aromatic N) is 5. The summed E-state index contributed by atoms with van der Waals surface area (Å²) in [5, 5.41) is 11.8. The summed E-state index contributed by atoms with van der Waals surface area (Å²) in [4.78, 5) is 6.46. The van der Waals surface area contributed by atoms with Crippen LogP contribution in [0.25, 0.3) is 5.65 Å². The molecule has 1 aromatic carbocycles. The topological polar surface area (TPSA) is 57.8 Å². The normalized spacial score (nSPS) is 11.7. The molecule has 24 heavy (non-hydrogen) atoms. The minimum atomic E-state index is 0.751. The number of benzene rings is 1. The summed E-state index contributed by atoms with van der Waals surface area (Å²) in [6, 6.07) is 16.3. The predicted octanol–water partition coefficient (Wildman–Crippen LogP) is 1.98. The predicted molar refractivity (Wildman–Crippen MR) is 96.0 cm³/mol. The zero-order valence-corrected chi connectivity index (χ0v) is 14.1. The Kier molecular flexibility index (Phi) is 5.05. The van der Waals surface area contributed by atoms with Gasteiger partial charge in [0, 0.05) is 39.8 Å². The highest BCUT2D eigenvalue weighted by atomic mass is 15.3. The van der Waals surface area contributed by atoms with Crippen LogP contribution in [-0.2, 0) is 13.0 Å². The van der Waals surface area contributed by atoms with Gasteiger partial charge in [0.1, 0.15) is 5.82 Å². The lowest BCUT2D eigenvalue weighted by atomic mass is 10.2. The molecular formula is C18H22N6. The van der Waals surface area contributed by atoms with Crippen molar-refractivity contribution < 1.29 is 0 Å². The second kappa shape index (κ2) is 7.59. The molecular weight excluding hydrogens is 300 g/mol. The molecule has 6 nitrogen and oxygen atoms in total. The van der Waals surface area contributed by atoms with Gasteiger partial charge < -0.3 is 10.2 Å². The molecule has 2 aromatic heterocycles.